The number of piperidine rings is 1. The van der Waals surface area contributed by atoms with E-state index in [1.54, 1.807) is 0 Å². The highest BCUT2D eigenvalue weighted by atomic mass is 16.5. The highest BCUT2D eigenvalue weighted by molar-refractivity contribution is 5.75. The molecule has 0 N–H and O–H groups in total. The van der Waals surface area contributed by atoms with Gasteiger partial charge in [0.15, 0.2) is 0 Å². The SMILES string of the molecule is CCOC1CC2(CCN(C(=O)N3CCCCC3C)C2)C1. The van der Waals surface area contributed by atoms with Gasteiger partial charge in [0.2, 0.25) is 0 Å². The van der Waals surface area contributed by atoms with Crippen LogP contribution in [0, 0.1) is 5.41 Å². The van der Waals surface area contributed by atoms with Gasteiger partial charge in [0.25, 0.3) is 0 Å². The standard InChI is InChI=1S/C16H28N2O2/c1-3-20-14-10-16(11-14)7-9-17(12-16)15(19)18-8-5-4-6-13(18)2/h13-14H,3-12H2,1-2H3. The molecule has 1 unspecified atom stereocenters. The molecule has 4 heteroatoms. The van der Waals surface area contributed by atoms with E-state index in [4.69, 9.17) is 4.74 Å². The Labute approximate surface area is 122 Å². The topological polar surface area (TPSA) is 32.8 Å². The smallest absolute Gasteiger partial charge is 0.320 e. The first-order valence-electron chi connectivity index (χ1n) is 8.31. The number of amides is 2. The van der Waals surface area contributed by atoms with Crippen molar-refractivity contribution >= 4 is 6.03 Å². The van der Waals surface area contributed by atoms with Crippen LogP contribution >= 0.6 is 0 Å². The third-order valence-electron chi connectivity index (χ3n) is 5.48. The number of rotatable bonds is 2. The molecule has 1 atom stereocenters. The van der Waals surface area contributed by atoms with E-state index < -0.39 is 0 Å². The Balaban J connectivity index is 1.54. The summed E-state index contributed by atoms with van der Waals surface area (Å²) in [5, 5.41) is 0. The normalized spacial score (nSPS) is 37.3. The van der Waals surface area contributed by atoms with Gasteiger partial charge in [-0.3, -0.25) is 0 Å². The van der Waals surface area contributed by atoms with Crippen molar-refractivity contribution in [1.29, 1.82) is 0 Å². The van der Waals surface area contributed by atoms with Gasteiger partial charge in [-0.2, -0.15) is 0 Å². The zero-order chi connectivity index (χ0) is 14.2. The summed E-state index contributed by atoms with van der Waals surface area (Å²) in [6.07, 6.45) is 7.53. The van der Waals surface area contributed by atoms with Crippen molar-refractivity contribution in [3.05, 3.63) is 0 Å². The Bertz CT molecular complexity index is 365. The van der Waals surface area contributed by atoms with E-state index in [9.17, 15) is 4.79 Å². The number of urea groups is 1. The van der Waals surface area contributed by atoms with Crippen LogP contribution in [0.5, 0.6) is 0 Å². The average Bonchev–Trinajstić information content (AvgIpc) is 2.84. The molecular formula is C16H28N2O2. The van der Waals surface area contributed by atoms with Crippen LogP contribution in [-0.2, 0) is 4.74 Å². The molecule has 114 valence electrons. The molecule has 1 spiro atoms. The van der Waals surface area contributed by atoms with Crippen LogP contribution in [0.4, 0.5) is 4.79 Å². The number of likely N-dealkylation sites (tertiary alicyclic amines) is 2. The summed E-state index contributed by atoms with van der Waals surface area (Å²) >= 11 is 0. The lowest BCUT2D eigenvalue weighted by molar-refractivity contribution is -0.0709. The molecular weight excluding hydrogens is 252 g/mol. The van der Waals surface area contributed by atoms with Gasteiger partial charge in [-0.1, -0.05) is 0 Å². The molecule has 3 rings (SSSR count). The van der Waals surface area contributed by atoms with Gasteiger partial charge in [-0.25, -0.2) is 4.79 Å². The molecule has 3 aliphatic rings. The van der Waals surface area contributed by atoms with E-state index in [-0.39, 0.29) is 6.03 Å². The third-order valence-corrected chi connectivity index (χ3v) is 5.48. The van der Waals surface area contributed by atoms with Crippen LogP contribution in [0.15, 0.2) is 0 Å². The molecule has 2 amide bonds. The Hall–Kier alpha value is -0.770. The van der Waals surface area contributed by atoms with Crippen LogP contribution in [0.3, 0.4) is 0 Å². The van der Waals surface area contributed by atoms with Crippen molar-refractivity contribution in [3.8, 4) is 0 Å². The molecule has 3 fully saturated rings. The summed E-state index contributed by atoms with van der Waals surface area (Å²) < 4.78 is 5.68. The van der Waals surface area contributed by atoms with Crippen molar-refractivity contribution in [2.75, 3.05) is 26.2 Å². The van der Waals surface area contributed by atoms with Crippen molar-refractivity contribution in [2.24, 2.45) is 5.41 Å². The van der Waals surface area contributed by atoms with E-state index in [2.05, 4.69) is 23.6 Å². The van der Waals surface area contributed by atoms with Crippen LogP contribution in [0.1, 0.15) is 52.4 Å². The van der Waals surface area contributed by atoms with Crippen LogP contribution in [-0.4, -0.2) is 54.2 Å². The fourth-order valence-corrected chi connectivity index (χ4v) is 4.26. The minimum atomic E-state index is 0.286. The van der Waals surface area contributed by atoms with Gasteiger partial charge < -0.3 is 14.5 Å². The fourth-order valence-electron chi connectivity index (χ4n) is 4.26. The first-order valence-corrected chi connectivity index (χ1v) is 8.31. The summed E-state index contributed by atoms with van der Waals surface area (Å²) in [5.74, 6) is 0. The van der Waals surface area contributed by atoms with Crippen LogP contribution in [0.25, 0.3) is 0 Å². The fraction of sp³-hybridized carbons (Fsp3) is 0.938. The second-order valence-corrected chi connectivity index (χ2v) is 6.98. The number of carbonyl (C=O) groups is 1. The lowest BCUT2D eigenvalue weighted by atomic mass is 9.66. The summed E-state index contributed by atoms with van der Waals surface area (Å²) in [6, 6.07) is 0.708. The zero-order valence-corrected chi connectivity index (χ0v) is 12.9. The second-order valence-electron chi connectivity index (χ2n) is 6.98. The summed E-state index contributed by atoms with van der Waals surface area (Å²) in [5.41, 5.74) is 0.383. The minimum absolute atomic E-state index is 0.286. The first-order chi connectivity index (χ1) is 9.63. The van der Waals surface area contributed by atoms with Gasteiger partial charge in [0.05, 0.1) is 6.10 Å². The Morgan fingerprint density at radius 3 is 2.80 bits per heavy atom. The maximum absolute atomic E-state index is 12.7. The van der Waals surface area contributed by atoms with Gasteiger partial charge in [0, 0.05) is 32.3 Å². The summed E-state index contributed by atoms with van der Waals surface area (Å²) in [4.78, 5) is 16.9. The van der Waals surface area contributed by atoms with Crippen LogP contribution in [0.2, 0.25) is 0 Å². The predicted molar refractivity (Wildman–Crippen MR) is 78.7 cm³/mol. The maximum Gasteiger partial charge on any atom is 0.320 e. The third kappa shape index (κ3) is 2.54. The highest BCUT2D eigenvalue weighted by Crippen LogP contribution is 2.49. The highest BCUT2D eigenvalue weighted by Gasteiger charge is 2.50. The molecule has 4 nitrogen and oxygen atoms in total. The number of ether oxygens (including phenoxy) is 1. The van der Waals surface area contributed by atoms with Crippen molar-refractivity contribution in [3.63, 3.8) is 0 Å². The molecule has 0 aromatic heterocycles. The average molecular weight is 280 g/mol. The molecule has 2 saturated heterocycles. The van der Waals surface area contributed by atoms with E-state index >= 15 is 0 Å². The Morgan fingerprint density at radius 1 is 1.30 bits per heavy atom. The molecule has 1 saturated carbocycles. The molecule has 2 aliphatic heterocycles. The Morgan fingerprint density at radius 2 is 2.10 bits per heavy atom. The monoisotopic (exact) mass is 280 g/mol. The van der Waals surface area contributed by atoms with Crippen LogP contribution < -0.4 is 0 Å². The molecule has 0 radical (unpaired) electrons. The molecule has 20 heavy (non-hydrogen) atoms. The van der Waals surface area contributed by atoms with Gasteiger partial charge >= 0.3 is 6.03 Å². The summed E-state index contributed by atoms with van der Waals surface area (Å²) in [6.45, 7) is 7.92. The van der Waals surface area contributed by atoms with Gasteiger partial charge in [-0.15, -0.1) is 0 Å². The quantitative estimate of drug-likeness (QED) is 0.779. The van der Waals surface area contributed by atoms with Crippen molar-refractivity contribution < 1.29 is 9.53 Å². The first kappa shape index (κ1) is 14.2. The van der Waals surface area contributed by atoms with E-state index in [1.165, 1.54) is 19.3 Å². The molecule has 2 heterocycles. The maximum atomic E-state index is 12.7. The van der Waals surface area contributed by atoms with Gasteiger partial charge in [-0.05, 0) is 57.8 Å². The van der Waals surface area contributed by atoms with E-state index in [0.29, 0.717) is 17.6 Å². The summed E-state index contributed by atoms with van der Waals surface area (Å²) in [7, 11) is 0. The largest absolute Gasteiger partial charge is 0.378 e. The van der Waals surface area contributed by atoms with E-state index in [1.807, 2.05) is 0 Å². The van der Waals surface area contributed by atoms with Crippen molar-refractivity contribution in [2.45, 2.75) is 64.5 Å². The lowest BCUT2D eigenvalue weighted by Crippen LogP contribution is -2.50. The number of carbonyl (C=O) groups excluding carboxylic acids is 1. The molecule has 0 bridgehead atoms. The predicted octanol–water partition coefficient (Wildman–Crippen LogP) is 2.87. The van der Waals surface area contributed by atoms with E-state index in [0.717, 1.165) is 45.5 Å². The lowest BCUT2D eigenvalue weighted by Gasteiger charge is -2.45. The van der Waals surface area contributed by atoms with Gasteiger partial charge in [0.1, 0.15) is 0 Å². The second kappa shape index (κ2) is 5.55. The molecule has 0 aromatic rings. The number of nitrogens with zero attached hydrogens (tertiary/aromatic N) is 2. The van der Waals surface area contributed by atoms with Crippen molar-refractivity contribution in [1.82, 2.24) is 9.80 Å². The number of hydrogen-bond acceptors (Lipinski definition) is 2. The zero-order valence-electron chi connectivity index (χ0n) is 12.9. The molecule has 1 aliphatic carbocycles. The number of hydrogen-bond donors (Lipinski definition) is 0. The Kier molecular flexibility index (Phi) is 3.93. The minimum Gasteiger partial charge on any atom is -0.378 e. The molecule has 0 aromatic carbocycles.